The number of unbranched alkanes of at least 4 members (excludes halogenated alkanes) is 22. The topological polar surface area (TPSA) is 116 Å². The minimum atomic E-state index is -4.67. The van der Waals surface area contributed by atoms with E-state index in [9.17, 15) is 14.5 Å². The third-order valence-corrected chi connectivity index (χ3v) is 8.33. The molecule has 240 valence electrons. The number of hydrogen-bond acceptors (Lipinski definition) is 4. The molecule has 0 fully saturated rings. The minimum absolute atomic E-state index is 0.195. The first kappa shape index (κ1) is 39.5. The highest BCUT2D eigenvalue weighted by atomic mass is 31.2. The van der Waals surface area contributed by atoms with Crippen LogP contribution in [0.1, 0.15) is 181 Å². The standard InChI is InChI=1S/C32H66NO6P/c1-3-5-7-9-11-13-15-16-18-19-21-23-25-27-31(34)30(29-39-40(36,37)38)33-32(35)28-26-24-22-20-17-14-12-10-8-6-4-2/h30-31,34H,3-29H2,1-2H3,(H,33,35)(H2,36,37,38)/t30-,31+/m0/s1. The van der Waals surface area contributed by atoms with E-state index in [0.29, 0.717) is 12.8 Å². The van der Waals surface area contributed by atoms with Gasteiger partial charge in [-0.3, -0.25) is 9.32 Å². The van der Waals surface area contributed by atoms with Crippen molar-refractivity contribution in [3.05, 3.63) is 0 Å². The average Bonchev–Trinajstić information content (AvgIpc) is 2.91. The number of carbonyl (C=O) groups is 1. The first-order valence-corrected chi connectivity index (χ1v) is 18.5. The maximum atomic E-state index is 12.5. The number of hydrogen-bond donors (Lipinski definition) is 4. The van der Waals surface area contributed by atoms with Gasteiger partial charge >= 0.3 is 7.82 Å². The number of carbonyl (C=O) groups excluding carboxylic acids is 1. The summed E-state index contributed by atoms with van der Waals surface area (Å²) in [6.45, 7) is 4.09. The van der Waals surface area contributed by atoms with Gasteiger partial charge in [0.05, 0.1) is 18.8 Å². The van der Waals surface area contributed by atoms with Gasteiger partial charge in [0, 0.05) is 6.42 Å². The van der Waals surface area contributed by atoms with Gasteiger partial charge in [-0.15, -0.1) is 0 Å². The van der Waals surface area contributed by atoms with Crippen LogP contribution >= 0.6 is 7.82 Å². The maximum Gasteiger partial charge on any atom is 0.469 e. The molecular weight excluding hydrogens is 525 g/mol. The van der Waals surface area contributed by atoms with Crippen LogP contribution in [0.15, 0.2) is 0 Å². The summed E-state index contributed by atoms with van der Waals surface area (Å²) < 4.78 is 15.8. The van der Waals surface area contributed by atoms with E-state index in [4.69, 9.17) is 9.79 Å². The van der Waals surface area contributed by atoms with Gasteiger partial charge in [-0.25, -0.2) is 4.57 Å². The van der Waals surface area contributed by atoms with Crippen LogP contribution in [0, 0.1) is 0 Å². The van der Waals surface area contributed by atoms with Crippen molar-refractivity contribution < 1.29 is 28.8 Å². The monoisotopic (exact) mass is 591 g/mol. The quantitative estimate of drug-likeness (QED) is 0.0472. The van der Waals surface area contributed by atoms with Crippen LogP contribution in [0.3, 0.4) is 0 Å². The lowest BCUT2D eigenvalue weighted by atomic mass is 10.0. The lowest BCUT2D eigenvalue weighted by molar-refractivity contribution is -0.123. The molecule has 0 bridgehead atoms. The lowest BCUT2D eigenvalue weighted by Crippen LogP contribution is -2.46. The zero-order chi connectivity index (χ0) is 29.7. The largest absolute Gasteiger partial charge is 0.469 e. The second-order valence-corrected chi connectivity index (χ2v) is 13.1. The summed E-state index contributed by atoms with van der Waals surface area (Å²) in [6.07, 6.45) is 29.4. The van der Waals surface area contributed by atoms with Crippen LogP contribution in [-0.2, 0) is 13.9 Å². The van der Waals surface area contributed by atoms with Crippen molar-refractivity contribution in [2.24, 2.45) is 0 Å². The van der Waals surface area contributed by atoms with Crippen LogP contribution < -0.4 is 5.32 Å². The predicted octanol–water partition coefficient (Wildman–Crippen LogP) is 9.12. The molecule has 0 aromatic carbocycles. The molecule has 0 rings (SSSR count). The fraction of sp³-hybridized carbons (Fsp3) is 0.969. The molecule has 0 heterocycles. The maximum absolute atomic E-state index is 12.5. The molecule has 0 aliphatic carbocycles. The van der Waals surface area contributed by atoms with E-state index in [2.05, 4.69) is 23.7 Å². The smallest absolute Gasteiger partial charge is 0.391 e. The van der Waals surface area contributed by atoms with Crippen molar-refractivity contribution in [2.75, 3.05) is 6.61 Å². The SMILES string of the molecule is CCCCCCCCCCCCCCC[C@@H](O)[C@H](COP(=O)(O)O)NC(=O)CCCCCCCCCCCCC. The molecule has 0 spiro atoms. The second-order valence-electron chi connectivity index (χ2n) is 11.8. The van der Waals surface area contributed by atoms with E-state index in [-0.39, 0.29) is 5.91 Å². The first-order valence-electron chi connectivity index (χ1n) is 17.0. The number of aliphatic hydroxyl groups excluding tert-OH is 1. The average molecular weight is 592 g/mol. The molecule has 40 heavy (non-hydrogen) atoms. The Labute approximate surface area is 247 Å². The Morgan fingerprint density at radius 2 is 0.975 bits per heavy atom. The summed E-state index contributed by atoms with van der Waals surface area (Å²) in [5.74, 6) is -0.195. The third kappa shape index (κ3) is 29.0. The number of phosphoric ester groups is 1. The van der Waals surface area contributed by atoms with E-state index in [1.54, 1.807) is 0 Å². The number of nitrogens with one attached hydrogen (secondary N) is 1. The molecule has 0 saturated heterocycles. The molecule has 0 saturated carbocycles. The zero-order valence-electron chi connectivity index (χ0n) is 26.3. The van der Waals surface area contributed by atoms with Gasteiger partial charge in [0.2, 0.25) is 5.91 Å². The highest BCUT2D eigenvalue weighted by Gasteiger charge is 2.25. The van der Waals surface area contributed by atoms with Gasteiger partial charge in [-0.2, -0.15) is 0 Å². The van der Waals surface area contributed by atoms with Crippen LogP contribution in [0.25, 0.3) is 0 Å². The fourth-order valence-corrected chi connectivity index (χ4v) is 5.58. The molecule has 1 amide bonds. The van der Waals surface area contributed by atoms with Gasteiger partial charge in [0.15, 0.2) is 0 Å². The fourth-order valence-electron chi connectivity index (χ4n) is 5.23. The van der Waals surface area contributed by atoms with Crippen molar-refractivity contribution in [3.63, 3.8) is 0 Å². The lowest BCUT2D eigenvalue weighted by Gasteiger charge is -2.24. The van der Waals surface area contributed by atoms with Gasteiger partial charge in [-0.1, -0.05) is 162 Å². The van der Waals surface area contributed by atoms with Crippen LogP contribution in [-0.4, -0.2) is 39.6 Å². The van der Waals surface area contributed by atoms with Crippen LogP contribution in [0.5, 0.6) is 0 Å². The molecule has 2 atom stereocenters. The van der Waals surface area contributed by atoms with Gasteiger partial charge in [0.1, 0.15) is 0 Å². The number of aliphatic hydroxyl groups is 1. The van der Waals surface area contributed by atoms with Crippen LogP contribution in [0.4, 0.5) is 0 Å². The summed E-state index contributed by atoms with van der Waals surface area (Å²) >= 11 is 0. The van der Waals surface area contributed by atoms with Crippen molar-refractivity contribution >= 4 is 13.7 Å². The minimum Gasteiger partial charge on any atom is -0.391 e. The Balaban J connectivity index is 4.01. The number of phosphoric acid groups is 1. The molecule has 0 aromatic heterocycles. The predicted molar refractivity (Wildman–Crippen MR) is 167 cm³/mol. The zero-order valence-corrected chi connectivity index (χ0v) is 27.2. The molecule has 0 radical (unpaired) electrons. The van der Waals surface area contributed by atoms with Gasteiger partial charge in [0.25, 0.3) is 0 Å². The molecular formula is C32H66NO6P. The van der Waals surface area contributed by atoms with E-state index >= 15 is 0 Å². The Morgan fingerprint density at radius 1 is 0.625 bits per heavy atom. The Morgan fingerprint density at radius 3 is 1.35 bits per heavy atom. The van der Waals surface area contributed by atoms with E-state index in [1.165, 1.54) is 116 Å². The third-order valence-electron chi connectivity index (χ3n) is 7.84. The first-order chi connectivity index (χ1) is 19.3. The molecule has 0 aliphatic heterocycles. The van der Waals surface area contributed by atoms with Crippen LogP contribution in [0.2, 0.25) is 0 Å². The summed E-state index contributed by atoms with van der Waals surface area (Å²) in [5, 5.41) is 13.4. The highest BCUT2D eigenvalue weighted by Crippen LogP contribution is 2.36. The summed E-state index contributed by atoms with van der Waals surface area (Å²) in [6, 6.07) is -0.815. The molecule has 8 heteroatoms. The summed E-state index contributed by atoms with van der Waals surface area (Å²) in [4.78, 5) is 30.6. The van der Waals surface area contributed by atoms with E-state index in [0.717, 1.165) is 38.5 Å². The molecule has 0 aromatic rings. The van der Waals surface area contributed by atoms with E-state index < -0.39 is 26.6 Å². The second kappa shape index (κ2) is 28.6. The molecule has 0 unspecified atom stereocenters. The van der Waals surface area contributed by atoms with Crippen molar-refractivity contribution in [3.8, 4) is 0 Å². The molecule has 7 nitrogen and oxygen atoms in total. The number of amides is 1. The Hall–Kier alpha value is -0.460. The molecule has 0 aliphatic rings. The Bertz CT molecular complexity index is 600. The van der Waals surface area contributed by atoms with Crippen molar-refractivity contribution in [2.45, 2.75) is 193 Å². The highest BCUT2D eigenvalue weighted by molar-refractivity contribution is 7.46. The van der Waals surface area contributed by atoms with Gasteiger partial charge in [-0.05, 0) is 12.8 Å². The normalized spacial score (nSPS) is 13.4. The summed E-state index contributed by atoms with van der Waals surface area (Å²) in [5.41, 5.74) is 0. The Kier molecular flexibility index (Phi) is 28.3. The number of rotatable bonds is 31. The van der Waals surface area contributed by atoms with Gasteiger partial charge < -0.3 is 20.2 Å². The van der Waals surface area contributed by atoms with Crippen molar-refractivity contribution in [1.29, 1.82) is 0 Å². The van der Waals surface area contributed by atoms with E-state index in [1.807, 2.05) is 0 Å². The molecule has 4 N–H and O–H groups in total. The summed E-state index contributed by atoms with van der Waals surface area (Å²) in [7, 11) is -4.67. The van der Waals surface area contributed by atoms with Crippen molar-refractivity contribution in [1.82, 2.24) is 5.32 Å².